The van der Waals surface area contributed by atoms with Crippen molar-refractivity contribution in [2.24, 2.45) is 0 Å². The summed E-state index contributed by atoms with van der Waals surface area (Å²) in [5.74, 6) is -0.840. The van der Waals surface area contributed by atoms with Gasteiger partial charge in [0.15, 0.2) is 0 Å². The Bertz CT molecular complexity index is 597. The van der Waals surface area contributed by atoms with Crippen molar-refractivity contribution in [2.45, 2.75) is 12.8 Å². The minimum absolute atomic E-state index is 0.00405. The van der Waals surface area contributed by atoms with Crippen LogP contribution in [-0.2, 0) is 17.5 Å². The van der Waals surface area contributed by atoms with E-state index in [1.54, 1.807) is 24.3 Å². The summed E-state index contributed by atoms with van der Waals surface area (Å²) in [7, 11) is 0. The van der Waals surface area contributed by atoms with Crippen LogP contribution in [0.2, 0.25) is 0 Å². The molecular weight excluding hydrogens is 271 g/mol. The molecule has 0 bridgehead atoms. The van der Waals surface area contributed by atoms with E-state index in [0.717, 1.165) is 17.8 Å². The van der Waals surface area contributed by atoms with E-state index in [4.69, 9.17) is 4.74 Å². The highest BCUT2D eigenvalue weighted by Crippen LogP contribution is 2.29. The predicted octanol–water partition coefficient (Wildman–Crippen LogP) is 3.46. The van der Waals surface area contributed by atoms with Gasteiger partial charge in [-0.15, -0.1) is 0 Å². The first-order valence-corrected chi connectivity index (χ1v) is 5.70. The van der Waals surface area contributed by atoms with Gasteiger partial charge in [0.05, 0.1) is 11.1 Å². The number of alkyl halides is 3. The van der Waals surface area contributed by atoms with Gasteiger partial charge in [-0.25, -0.2) is 4.79 Å². The molecule has 0 aliphatic carbocycles. The van der Waals surface area contributed by atoms with E-state index in [0.29, 0.717) is 6.20 Å². The fraction of sp³-hybridized carbons (Fsp3) is 0.143. The molecule has 1 aromatic heterocycles. The molecule has 3 nitrogen and oxygen atoms in total. The maximum absolute atomic E-state index is 12.5. The second-order valence-corrected chi connectivity index (χ2v) is 4.02. The number of rotatable bonds is 3. The van der Waals surface area contributed by atoms with Gasteiger partial charge in [-0.1, -0.05) is 30.3 Å². The number of carbonyl (C=O) groups excluding carboxylic acids is 1. The van der Waals surface area contributed by atoms with Crippen LogP contribution in [0.3, 0.4) is 0 Å². The molecule has 20 heavy (non-hydrogen) atoms. The molecule has 0 fully saturated rings. The lowest BCUT2D eigenvalue weighted by Gasteiger charge is -2.08. The summed E-state index contributed by atoms with van der Waals surface area (Å²) >= 11 is 0. The van der Waals surface area contributed by atoms with Crippen molar-refractivity contribution in [1.29, 1.82) is 0 Å². The molecule has 0 unspecified atom stereocenters. The number of ether oxygens (including phenoxy) is 1. The van der Waals surface area contributed by atoms with Gasteiger partial charge in [0.1, 0.15) is 6.61 Å². The number of esters is 1. The van der Waals surface area contributed by atoms with Crippen LogP contribution < -0.4 is 0 Å². The Hall–Kier alpha value is -2.37. The van der Waals surface area contributed by atoms with E-state index in [9.17, 15) is 18.0 Å². The zero-order chi connectivity index (χ0) is 14.6. The van der Waals surface area contributed by atoms with Gasteiger partial charge >= 0.3 is 12.1 Å². The van der Waals surface area contributed by atoms with Gasteiger partial charge in [-0.2, -0.15) is 13.2 Å². The Balaban J connectivity index is 2.06. The van der Waals surface area contributed by atoms with Crippen LogP contribution in [0.25, 0.3) is 0 Å². The molecule has 0 radical (unpaired) electrons. The van der Waals surface area contributed by atoms with E-state index >= 15 is 0 Å². The summed E-state index contributed by atoms with van der Waals surface area (Å²) in [5.41, 5.74) is -0.455. The lowest BCUT2D eigenvalue weighted by Crippen LogP contribution is -2.10. The van der Waals surface area contributed by atoms with E-state index in [1.165, 1.54) is 0 Å². The Kier molecular flexibility index (Phi) is 4.02. The zero-order valence-corrected chi connectivity index (χ0v) is 10.2. The van der Waals surface area contributed by atoms with Gasteiger partial charge in [0.25, 0.3) is 0 Å². The number of benzene rings is 1. The fourth-order valence-electron chi connectivity index (χ4n) is 1.51. The average Bonchev–Trinajstić information content (AvgIpc) is 2.45. The molecular formula is C14H10F3NO2. The van der Waals surface area contributed by atoms with Crippen LogP contribution in [0, 0.1) is 0 Å². The summed E-state index contributed by atoms with van der Waals surface area (Å²) in [6, 6.07) is 9.57. The number of pyridine rings is 1. The monoisotopic (exact) mass is 281 g/mol. The second-order valence-electron chi connectivity index (χ2n) is 4.02. The van der Waals surface area contributed by atoms with E-state index in [-0.39, 0.29) is 12.2 Å². The quantitative estimate of drug-likeness (QED) is 0.809. The molecule has 104 valence electrons. The molecule has 1 heterocycles. The summed E-state index contributed by atoms with van der Waals surface area (Å²) in [6.45, 7) is -0.00405. The Labute approximate surface area is 113 Å². The van der Waals surface area contributed by atoms with Crippen LogP contribution in [0.15, 0.2) is 48.8 Å². The summed E-state index contributed by atoms with van der Waals surface area (Å²) in [5, 5.41) is 0. The fourth-order valence-corrected chi connectivity index (χ4v) is 1.51. The molecule has 2 aromatic rings. The predicted molar refractivity (Wildman–Crippen MR) is 64.8 cm³/mol. The summed E-state index contributed by atoms with van der Waals surface area (Å²) in [6.07, 6.45) is -2.83. The van der Waals surface area contributed by atoms with Gasteiger partial charge in [0.2, 0.25) is 0 Å². The van der Waals surface area contributed by atoms with Crippen LogP contribution >= 0.6 is 0 Å². The minimum Gasteiger partial charge on any atom is -0.457 e. The SMILES string of the molecule is O=C(OCc1ccccc1)c1cncc(C(F)(F)F)c1. The van der Waals surface area contributed by atoms with Gasteiger partial charge in [0, 0.05) is 12.4 Å². The van der Waals surface area contributed by atoms with Crippen molar-refractivity contribution in [1.82, 2.24) is 4.98 Å². The van der Waals surface area contributed by atoms with Crippen molar-refractivity contribution in [3.8, 4) is 0 Å². The van der Waals surface area contributed by atoms with Crippen molar-refractivity contribution in [2.75, 3.05) is 0 Å². The third kappa shape index (κ3) is 3.57. The average molecular weight is 281 g/mol. The molecule has 0 spiro atoms. The minimum atomic E-state index is -4.54. The van der Waals surface area contributed by atoms with Crippen molar-refractivity contribution in [3.05, 3.63) is 65.5 Å². The van der Waals surface area contributed by atoms with Crippen LogP contribution in [0.1, 0.15) is 21.5 Å². The molecule has 0 aliphatic heterocycles. The topological polar surface area (TPSA) is 39.2 Å². The highest BCUT2D eigenvalue weighted by Gasteiger charge is 2.31. The third-order valence-corrected chi connectivity index (χ3v) is 2.51. The number of aromatic nitrogens is 1. The molecule has 6 heteroatoms. The maximum Gasteiger partial charge on any atom is 0.417 e. The molecule has 0 saturated heterocycles. The van der Waals surface area contributed by atoms with Crippen molar-refractivity contribution < 1.29 is 22.7 Å². The van der Waals surface area contributed by atoms with Gasteiger partial charge < -0.3 is 4.74 Å². The van der Waals surface area contributed by atoms with Crippen molar-refractivity contribution in [3.63, 3.8) is 0 Å². The zero-order valence-electron chi connectivity index (χ0n) is 10.2. The molecule has 0 amide bonds. The second kappa shape index (κ2) is 5.73. The Morgan fingerprint density at radius 1 is 1.15 bits per heavy atom. The number of hydrogen-bond donors (Lipinski definition) is 0. The van der Waals surface area contributed by atoms with Crippen LogP contribution in [0.5, 0.6) is 0 Å². The standard InChI is InChI=1S/C14H10F3NO2/c15-14(16,17)12-6-11(7-18-8-12)13(19)20-9-10-4-2-1-3-5-10/h1-8H,9H2. The molecule has 0 atom stereocenters. The Morgan fingerprint density at radius 2 is 1.85 bits per heavy atom. The number of nitrogens with zero attached hydrogens (tertiary/aromatic N) is 1. The summed E-state index contributed by atoms with van der Waals surface area (Å²) < 4.78 is 42.4. The van der Waals surface area contributed by atoms with Gasteiger partial charge in [-0.05, 0) is 11.6 Å². The maximum atomic E-state index is 12.5. The number of carbonyl (C=O) groups is 1. The lowest BCUT2D eigenvalue weighted by molar-refractivity contribution is -0.137. The summed E-state index contributed by atoms with van der Waals surface area (Å²) in [4.78, 5) is 15.1. The first-order valence-electron chi connectivity index (χ1n) is 5.70. The normalized spacial score (nSPS) is 11.2. The van der Waals surface area contributed by atoms with E-state index < -0.39 is 17.7 Å². The lowest BCUT2D eigenvalue weighted by atomic mass is 10.2. The number of halogens is 3. The molecule has 1 aromatic carbocycles. The third-order valence-electron chi connectivity index (χ3n) is 2.51. The van der Waals surface area contributed by atoms with Crippen molar-refractivity contribution >= 4 is 5.97 Å². The number of hydrogen-bond acceptors (Lipinski definition) is 3. The first-order chi connectivity index (χ1) is 9.47. The highest BCUT2D eigenvalue weighted by molar-refractivity contribution is 5.89. The first kappa shape index (κ1) is 14.0. The smallest absolute Gasteiger partial charge is 0.417 e. The van der Waals surface area contributed by atoms with Gasteiger partial charge in [-0.3, -0.25) is 4.98 Å². The van der Waals surface area contributed by atoms with E-state index in [1.807, 2.05) is 6.07 Å². The van der Waals surface area contributed by atoms with Crippen LogP contribution in [-0.4, -0.2) is 11.0 Å². The largest absolute Gasteiger partial charge is 0.457 e. The molecule has 0 aliphatic rings. The van der Waals surface area contributed by atoms with E-state index in [2.05, 4.69) is 4.98 Å². The molecule has 2 rings (SSSR count). The van der Waals surface area contributed by atoms with Crippen LogP contribution in [0.4, 0.5) is 13.2 Å². The Morgan fingerprint density at radius 3 is 2.50 bits per heavy atom. The molecule has 0 saturated carbocycles. The highest BCUT2D eigenvalue weighted by atomic mass is 19.4. The molecule has 0 N–H and O–H groups in total.